The van der Waals surface area contributed by atoms with Gasteiger partial charge in [0.05, 0.1) is 0 Å². The number of para-hydroxylation sites is 1. The van der Waals surface area contributed by atoms with E-state index in [9.17, 15) is 0 Å². The Morgan fingerprint density at radius 3 is 2.00 bits per heavy atom. The van der Waals surface area contributed by atoms with Crippen LogP contribution >= 0.6 is 11.6 Å². The summed E-state index contributed by atoms with van der Waals surface area (Å²) in [5.74, 6) is 0.894. The van der Waals surface area contributed by atoms with Crippen LogP contribution in [0.1, 0.15) is 0 Å². The third-order valence-electron chi connectivity index (χ3n) is 4.94. The van der Waals surface area contributed by atoms with Crippen LogP contribution in [0.25, 0.3) is 44.5 Å². The molecule has 1 heterocycles. The van der Waals surface area contributed by atoms with Crippen LogP contribution in [0.3, 0.4) is 0 Å². The molecule has 0 aliphatic heterocycles. The average molecular weight is 381 g/mol. The van der Waals surface area contributed by atoms with E-state index in [2.05, 4.69) is 54.6 Å². The zero-order chi connectivity index (χ0) is 18.9. The maximum atomic E-state index is 6.28. The van der Waals surface area contributed by atoms with Gasteiger partial charge in [0.1, 0.15) is 11.3 Å². The van der Waals surface area contributed by atoms with Gasteiger partial charge in [0.2, 0.25) is 0 Å². The summed E-state index contributed by atoms with van der Waals surface area (Å²) in [7, 11) is 0. The van der Waals surface area contributed by atoms with Gasteiger partial charge < -0.3 is 4.42 Å². The highest BCUT2D eigenvalue weighted by Crippen LogP contribution is 2.41. The molecule has 0 bridgehead atoms. The van der Waals surface area contributed by atoms with Crippen LogP contribution in [0.5, 0.6) is 0 Å². The molecule has 0 saturated heterocycles. The SMILES string of the molecule is Clc1cccc(-c2cccc(-c3c(-c4ccccc4)oc4ccccc34)c2)c1. The monoisotopic (exact) mass is 380 g/mol. The Morgan fingerprint density at radius 2 is 1.18 bits per heavy atom. The van der Waals surface area contributed by atoms with E-state index in [1.165, 1.54) is 0 Å². The lowest BCUT2D eigenvalue weighted by molar-refractivity contribution is 0.632. The molecule has 1 aromatic heterocycles. The van der Waals surface area contributed by atoms with Gasteiger partial charge >= 0.3 is 0 Å². The second kappa shape index (κ2) is 7.03. The van der Waals surface area contributed by atoms with Gasteiger partial charge in [-0.25, -0.2) is 0 Å². The Hall–Kier alpha value is -3.29. The largest absolute Gasteiger partial charge is 0.455 e. The molecular formula is C26H17ClO. The van der Waals surface area contributed by atoms with Crippen LogP contribution in [0.2, 0.25) is 5.02 Å². The van der Waals surface area contributed by atoms with Gasteiger partial charge in [-0.15, -0.1) is 0 Å². The first-order valence-electron chi connectivity index (χ1n) is 9.23. The van der Waals surface area contributed by atoms with Gasteiger partial charge in [-0.05, 0) is 41.0 Å². The lowest BCUT2D eigenvalue weighted by atomic mass is 9.95. The molecule has 0 fully saturated rings. The van der Waals surface area contributed by atoms with E-state index < -0.39 is 0 Å². The van der Waals surface area contributed by atoms with Gasteiger partial charge in [-0.3, -0.25) is 0 Å². The minimum absolute atomic E-state index is 0.738. The summed E-state index contributed by atoms with van der Waals surface area (Å²) in [6, 6.07) is 34.9. The Labute approximate surface area is 168 Å². The highest BCUT2D eigenvalue weighted by Gasteiger charge is 2.17. The van der Waals surface area contributed by atoms with Crippen LogP contribution in [-0.2, 0) is 0 Å². The standard InChI is InChI=1S/C26H17ClO/c27-22-13-7-11-20(17-22)19-10-6-12-21(16-19)25-23-14-4-5-15-24(23)28-26(25)18-8-2-1-3-9-18/h1-17H. The van der Waals surface area contributed by atoms with E-state index in [4.69, 9.17) is 16.0 Å². The van der Waals surface area contributed by atoms with Crippen molar-refractivity contribution in [1.82, 2.24) is 0 Å². The number of rotatable bonds is 3. The third-order valence-corrected chi connectivity index (χ3v) is 5.18. The van der Waals surface area contributed by atoms with E-state index in [0.717, 1.165) is 49.6 Å². The normalized spacial score (nSPS) is 11.0. The van der Waals surface area contributed by atoms with E-state index in [-0.39, 0.29) is 0 Å². The summed E-state index contributed by atoms with van der Waals surface area (Å²) in [6.45, 7) is 0. The van der Waals surface area contributed by atoms with Crippen LogP contribution < -0.4 is 0 Å². The fourth-order valence-corrected chi connectivity index (χ4v) is 3.84. The van der Waals surface area contributed by atoms with Crippen molar-refractivity contribution in [2.24, 2.45) is 0 Å². The quantitative estimate of drug-likeness (QED) is 0.308. The molecule has 0 aliphatic carbocycles. The Balaban J connectivity index is 1.75. The van der Waals surface area contributed by atoms with Gasteiger partial charge in [0, 0.05) is 21.5 Å². The molecule has 28 heavy (non-hydrogen) atoms. The van der Waals surface area contributed by atoms with Crippen molar-refractivity contribution < 1.29 is 4.42 Å². The molecular weight excluding hydrogens is 364 g/mol. The van der Waals surface area contributed by atoms with Crippen molar-refractivity contribution in [1.29, 1.82) is 0 Å². The fraction of sp³-hybridized carbons (Fsp3) is 0. The van der Waals surface area contributed by atoms with E-state index >= 15 is 0 Å². The van der Waals surface area contributed by atoms with Gasteiger partial charge in [0.15, 0.2) is 0 Å². The number of halogens is 1. The minimum atomic E-state index is 0.738. The molecule has 0 radical (unpaired) electrons. The Kier molecular flexibility index (Phi) is 4.23. The lowest BCUT2D eigenvalue weighted by Crippen LogP contribution is -1.83. The Bertz CT molecular complexity index is 1270. The van der Waals surface area contributed by atoms with Gasteiger partial charge in [-0.2, -0.15) is 0 Å². The summed E-state index contributed by atoms with van der Waals surface area (Å²) in [4.78, 5) is 0. The average Bonchev–Trinajstić information content (AvgIpc) is 3.14. The summed E-state index contributed by atoms with van der Waals surface area (Å²) in [5, 5.41) is 1.85. The zero-order valence-corrected chi connectivity index (χ0v) is 15.9. The number of hydrogen-bond acceptors (Lipinski definition) is 1. The van der Waals surface area contributed by atoms with Crippen LogP contribution in [0, 0.1) is 0 Å². The van der Waals surface area contributed by atoms with E-state index in [1.807, 2.05) is 48.5 Å². The molecule has 2 heteroatoms. The first kappa shape index (κ1) is 16.9. The van der Waals surface area contributed by atoms with E-state index in [0.29, 0.717) is 0 Å². The molecule has 0 N–H and O–H groups in total. The first-order valence-corrected chi connectivity index (χ1v) is 9.61. The highest BCUT2D eigenvalue weighted by molar-refractivity contribution is 6.30. The molecule has 0 saturated carbocycles. The summed E-state index contributed by atoms with van der Waals surface area (Å²) in [5.41, 5.74) is 6.44. The molecule has 5 rings (SSSR count). The molecule has 5 aromatic rings. The van der Waals surface area contributed by atoms with Crippen molar-refractivity contribution in [3.8, 4) is 33.6 Å². The van der Waals surface area contributed by atoms with Crippen molar-refractivity contribution in [3.63, 3.8) is 0 Å². The maximum Gasteiger partial charge on any atom is 0.143 e. The predicted molar refractivity (Wildman–Crippen MR) is 118 cm³/mol. The van der Waals surface area contributed by atoms with Gasteiger partial charge in [0.25, 0.3) is 0 Å². The molecule has 0 spiro atoms. The third kappa shape index (κ3) is 3.00. The molecule has 0 atom stereocenters. The summed E-state index contributed by atoms with van der Waals surface area (Å²) < 4.78 is 6.28. The fourth-order valence-electron chi connectivity index (χ4n) is 3.65. The maximum absolute atomic E-state index is 6.28. The highest BCUT2D eigenvalue weighted by atomic mass is 35.5. The lowest BCUT2D eigenvalue weighted by Gasteiger charge is -2.08. The van der Waals surface area contributed by atoms with Crippen molar-refractivity contribution in [3.05, 3.63) is 108 Å². The predicted octanol–water partition coefficient (Wildman–Crippen LogP) is 8.09. The smallest absolute Gasteiger partial charge is 0.143 e. The van der Waals surface area contributed by atoms with Crippen molar-refractivity contribution in [2.75, 3.05) is 0 Å². The number of fused-ring (bicyclic) bond motifs is 1. The molecule has 134 valence electrons. The van der Waals surface area contributed by atoms with Crippen molar-refractivity contribution >= 4 is 22.6 Å². The van der Waals surface area contributed by atoms with Crippen LogP contribution in [0.4, 0.5) is 0 Å². The van der Waals surface area contributed by atoms with Crippen LogP contribution in [0.15, 0.2) is 108 Å². The molecule has 0 unspecified atom stereocenters. The second-order valence-electron chi connectivity index (χ2n) is 6.76. The van der Waals surface area contributed by atoms with E-state index in [1.54, 1.807) is 0 Å². The summed E-state index contributed by atoms with van der Waals surface area (Å²) in [6.07, 6.45) is 0. The second-order valence-corrected chi connectivity index (χ2v) is 7.20. The zero-order valence-electron chi connectivity index (χ0n) is 15.1. The summed E-state index contributed by atoms with van der Waals surface area (Å²) >= 11 is 6.20. The van der Waals surface area contributed by atoms with Crippen molar-refractivity contribution in [2.45, 2.75) is 0 Å². The molecule has 1 nitrogen and oxygen atoms in total. The molecule has 0 amide bonds. The molecule has 4 aromatic carbocycles. The number of hydrogen-bond donors (Lipinski definition) is 0. The Morgan fingerprint density at radius 1 is 0.536 bits per heavy atom. The topological polar surface area (TPSA) is 13.1 Å². The van der Waals surface area contributed by atoms with Gasteiger partial charge in [-0.1, -0.05) is 90.5 Å². The van der Waals surface area contributed by atoms with Crippen LogP contribution in [-0.4, -0.2) is 0 Å². The minimum Gasteiger partial charge on any atom is -0.455 e. The number of furan rings is 1. The molecule has 0 aliphatic rings. The number of benzene rings is 4. The first-order chi connectivity index (χ1) is 13.8.